The third kappa shape index (κ3) is 4.08. The lowest BCUT2D eigenvalue weighted by molar-refractivity contribution is 0.0526. The summed E-state index contributed by atoms with van der Waals surface area (Å²) in [5.74, 6) is -0.610. The van der Waals surface area contributed by atoms with Crippen molar-refractivity contribution in [1.82, 2.24) is 0 Å². The predicted octanol–water partition coefficient (Wildman–Crippen LogP) is 2.71. The van der Waals surface area contributed by atoms with Gasteiger partial charge in [0.15, 0.2) is 9.84 Å². The fourth-order valence-electron chi connectivity index (χ4n) is 1.83. The summed E-state index contributed by atoms with van der Waals surface area (Å²) in [5, 5.41) is 2.84. The molecular weight excluding hydrogens is 302 g/mol. The number of benzene rings is 2. The number of carbonyl (C=O) groups excluding carboxylic acids is 1. The van der Waals surface area contributed by atoms with E-state index in [4.69, 9.17) is 4.74 Å². The van der Waals surface area contributed by atoms with E-state index in [-0.39, 0.29) is 10.8 Å². The molecule has 22 heavy (non-hydrogen) atoms. The number of nitrogens with one attached hydrogen (secondary N) is 1. The summed E-state index contributed by atoms with van der Waals surface area (Å²) in [7, 11) is -3.40. The summed E-state index contributed by atoms with van der Waals surface area (Å²) in [4.78, 5) is 11.8. The third-order valence-electron chi connectivity index (χ3n) is 2.96. The van der Waals surface area contributed by atoms with Gasteiger partial charge in [-0.05, 0) is 43.3 Å². The van der Waals surface area contributed by atoms with Gasteiger partial charge in [0, 0.05) is 5.69 Å². The van der Waals surface area contributed by atoms with Crippen molar-refractivity contribution in [3.8, 4) is 0 Å². The number of sulfone groups is 1. The number of ether oxygens (including phenoxy) is 1. The van der Waals surface area contributed by atoms with Crippen molar-refractivity contribution < 1.29 is 17.9 Å². The maximum Gasteiger partial charge on any atom is 0.338 e. The smallest absolute Gasteiger partial charge is 0.338 e. The molecule has 0 saturated heterocycles. The van der Waals surface area contributed by atoms with E-state index in [1.54, 1.807) is 61.5 Å². The Hall–Kier alpha value is -2.34. The average Bonchev–Trinajstić information content (AvgIpc) is 2.54. The van der Waals surface area contributed by atoms with Gasteiger partial charge in [-0.15, -0.1) is 0 Å². The maximum absolute atomic E-state index is 12.1. The van der Waals surface area contributed by atoms with Crippen LogP contribution in [0, 0.1) is 0 Å². The molecule has 0 fully saturated rings. The maximum atomic E-state index is 12.1. The van der Waals surface area contributed by atoms with Crippen LogP contribution in [0.1, 0.15) is 17.3 Å². The van der Waals surface area contributed by atoms with Crippen LogP contribution in [0.3, 0.4) is 0 Å². The van der Waals surface area contributed by atoms with Crippen molar-refractivity contribution in [1.29, 1.82) is 0 Å². The van der Waals surface area contributed by atoms with Gasteiger partial charge >= 0.3 is 5.97 Å². The van der Waals surface area contributed by atoms with Crippen molar-refractivity contribution in [2.24, 2.45) is 0 Å². The fourth-order valence-corrected chi connectivity index (χ4v) is 2.92. The summed E-state index contributed by atoms with van der Waals surface area (Å²) in [5.41, 5.74) is 1.05. The van der Waals surface area contributed by atoms with Crippen LogP contribution in [-0.4, -0.2) is 26.9 Å². The second kappa shape index (κ2) is 7.09. The molecule has 0 saturated carbocycles. The molecule has 0 spiro atoms. The van der Waals surface area contributed by atoms with E-state index in [1.165, 1.54) is 0 Å². The first-order chi connectivity index (χ1) is 10.5. The van der Waals surface area contributed by atoms with E-state index in [2.05, 4.69) is 5.32 Å². The molecular formula is C16H17NO4S. The lowest BCUT2D eigenvalue weighted by Crippen LogP contribution is -2.14. The predicted molar refractivity (Wildman–Crippen MR) is 84.5 cm³/mol. The van der Waals surface area contributed by atoms with E-state index >= 15 is 0 Å². The van der Waals surface area contributed by atoms with Crippen LogP contribution in [0.25, 0.3) is 0 Å². The molecule has 6 heteroatoms. The lowest BCUT2D eigenvalue weighted by atomic mass is 10.2. The molecule has 0 amide bonds. The Bertz CT molecular complexity index is 725. The van der Waals surface area contributed by atoms with E-state index in [0.29, 0.717) is 17.9 Å². The summed E-state index contributed by atoms with van der Waals surface area (Å²) in [6, 6.07) is 14.7. The van der Waals surface area contributed by atoms with Crippen molar-refractivity contribution in [2.75, 3.05) is 17.8 Å². The molecule has 0 aliphatic rings. The summed E-state index contributed by atoms with van der Waals surface area (Å²) < 4.78 is 29.1. The lowest BCUT2D eigenvalue weighted by Gasteiger charge is -2.08. The SMILES string of the molecule is CCOC(=O)c1ccc(NCS(=O)(=O)c2ccccc2)cc1. The third-order valence-corrected chi connectivity index (χ3v) is 4.48. The van der Waals surface area contributed by atoms with Crippen molar-refractivity contribution in [3.63, 3.8) is 0 Å². The first-order valence-electron chi connectivity index (χ1n) is 6.82. The zero-order valence-corrected chi connectivity index (χ0v) is 13.0. The number of hydrogen-bond donors (Lipinski definition) is 1. The molecule has 5 nitrogen and oxygen atoms in total. The standard InChI is InChI=1S/C16H17NO4S/c1-2-21-16(18)13-8-10-14(11-9-13)17-12-22(19,20)15-6-4-3-5-7-15/h3-11,17H,2,12H2,1H3. The minimum Gasteiger partial charge on any atom is -0.462 e. The molecule has 0 unspecified atom stereocenters. The van der Waals surface area contributed by atoms with E-state index in [9.17, 15) is 13.2 Å². The second-order valence-electron chi connectivity index (χ2n) is 4.55. The van der Waals surface area contributed by atoms with Crippen molar-refractivity contribution in [3.05, 3.63) is 60.2 Å². The van der Waals surface area contributed by atoms with Crippen LogP contribution in [0.2, 0.25) is 0 Å². The zero-order valence-electron chi connectivity index (χ0n) is 12.2. The quantitative estimate of drug-likeness (QED) is 0.829. The average molecular weight is 319 g/mol. The van der Waals surface area contributed by atoms with Crippen LogP contribution in [0.15, 0.2) is 59.5 Å². The van der Waals surface area contributed by atoms with Crippen LogP contribution < -0.4 is 5.32 Å². The first kappa shape index (κ1) is 16.0. The van der Waals surface area contributed by atoms with Gasteiger partial charge in [-0.3, -0.25) is 0 Å². The number of anilines is 1. The molecule has 2 aromatic carbocycles. The summed E-state index contributed by atoms with van der Waals surface area (Å²) in [6.45, 7) is 2.05. The van der Waals surface area contributed by atoms with Crippen LogP contribution >= 0.6 is 0 Å². The molecule has 0 bridgehead atoms. The van der Waals surface area contributed by atoms with Gasteiger partial charge in [-0.1, -0.05) is 18.2 Å². The van der Waals surface area contributed by atoms with Crippen LogP contribution in [-0.2, 0) is 14.6 Å². The second-order valence-corrected chi connectivity index (χ2v) is 6.54. The Morgan fingerprint density at radius 2 is 1.68 bits per heavy atom. The van der Waals surface area contributed by atoms with E-state index < -0.39 is 15.8 Å². The highest BCUT2D eigenvalue weighted by atomic mass is 32.2. The van der Waals surface area contributed by atoms with Crippen molar-refractivity contribution in [2.45, 2.75) is 11.8 Å². The molecule has 0 aromatic heterocycles. The highest BCUT2D eigenvalue weighted by Crippen LogP contribution is 2.14. The van der Waals surface area contributed by atoms with Gasteiger partial charge in [0.05, 0.1) is 17.1 Å². The zero-order chi connectivity index (χ0) is 16.0. The molecule has 2 rings (SSSR count). The highest BCUT2D eigenvalue weighted by molar-refractivity contribution is 7.91. The molecule has 2 aromatic rings. The Morgan fingerprint density at radius 3 is 2.27 bits per heavy atom. The number of esters is 1. The van der Waals surface area contributed by atoms with Gasteiger partial charge in [-0.2, -0.15) is 0 Å². The first-order valence-corrected chi connectivity index (χ1v) is 8.47. The minimum atomic E-state index is -3.40. The fraction of sp³-hybridized carbons (Fsp3) is 0.188. The summed E-state index contributed by atoms with van der Waals surface area (Å²) >= 11 is 0. The molecule has 0 heterocycles. The Morgan fingerprint density at radius 1 is 1.05 bits per heavy atom. The van der Waals surface area contributed by atoms with Gasteiger partial charge in [0.25, 0.3) is 0 Å². The Balaban J connectivity index is 2.02. The van der Waals surface area contributed by atoms with Gasteiger partial charge in [0.2, 0.25) is 0 Å². The highest BCUT2D eigenvalue weighted by Gasteiger charge is 2.13. The normalized spacial score (nSPS) is 11.0. The number of hydrogen-bond acceptors (Lipinski definition) is 5. The molecule has 0 aliphatic carbocycles. The largest absolute Gasteiger partial charge is 0.462 e. The molecule has 116 valence electrons. The Labute approximate surface area is 129 Å². The van der Waals surface area contributed by atoms with Crippen molar-refractivity contribution >= 4 is 21.5 Å². The van der Waals surface area contributed by atoms with Gasteiger partial charge in [-0.25, -0.2) is 13.2 Å². The monoisotopic (exact) mass is 319 g/mol. The van der Waals surface area contributed by atoms with Gasteiger partial charge < -0.3 is 10.1 Å². The Kier molecular flexibility index (Phi) is 5.16. The molecule has 0 radical (unpaired) electrons. The van der Waals surface area contributed by atoms with Crippen LogP contribution in [0.4, 0.5) is 5.69 Å². The van der Waals surface area contributed by atoms with E-state index in [1.807, 2.05) is 0 Å². The number of rotatable bonds is 6. The molecule has 1 N–H and O–H groups in total. The van der Waals surface area contributed by atoms with E-state index in [0.717, 1.165) is 0 Å². The molecule has 0 aliphatic heterocycles. The van der Waals surface area contributed by atoms with Crippen LogP contribution in [0.5, 0.6) is 0 Å². The number of carbonyl (C=O) groups is 1. The molecule has 0 atom stereocenters. The summed E-state index contributed by atoms with van der Waals surface area (Å²) in [6.07, 6.45) is 0. The van der Waals surface area contributed by atoms with Gasteiger partial charge in [0.1, 0.15) is 5.88 Å². The minimum absolute atomic E-state index is 0.213. The topological polar surface area (TPSA) is 72.5 Å².